The Bertz CT molecular complexity index is 546. The van der Waals surface area contributed by atoms with Crippen LogP contribution in [-0.2, 0) is 21.4 Å². The predicted octanol–water partition coefficient (Wildman–Crippen LogP) is 1.15. The third-order valence-corrected chi connectivity index (χ3v) is 4.39. The monoisotopic (exact) mass is 313 g/mol. The standard InChI is InChI=1S/C14H23N3O3S/c1-4-12(2)16-14(18)8-10-17(21(3,19)20)11-13-7-5-6-9-15-13/h5-7,9,12H,4,8,10-11H2,1-3H3,(H,16,18). The number of hydrogen-bond acceptors (Lipinski definition) is 4. The van der Waals surface area contributed by atoms with Crippen LogP contribution in [0.2, 0.25) is 0 Å². The number of carbonyl (C=O) groups is 1. The van der Waals surface area contributed by atoms with Crippen molar-refractivity contribution in [2.75, 3.05) is 12.8 Å². The van der Waals surface area contributed by atoms with Crippen LogP contribution in [0.5, 0.6) is 0 Å². The zero-order valence-corrected chi connectivity index (χ0v) is 13.6. The summed E-state index contributed by atoms with van der Waals surface area (Å²) in [5.74, 6) is -0.140. The minimum atomic E-state index is -3.38. The lowest BCUT2D eigenvalue weighted by molar-refractivity contribution is -0.121. The van der Waals surface area contributed by atoms with Crippen molar-refractivity contribution < 1.29 is 13.2 Å². The fraction of sp³-hybridized carbons (Fsp3) is 0.571. The van der Waals surface area contributed by atoms with E-state index in [4.69, 9.17) is 0 Å². The zero-order chi connectivity index (χ0) is 15.9. The van der Waals surface area contributed by atoms with Crippen molar-refractivity contribution in [3.05, 3.63) is 30.1 Å². The number of sulfonamides is 1. The summed E-state index contributed by atoms with van der Waals surface area (Å²) in [6.07, 6.45) is 3.74. The minimum Gasteiger partial charge on any atom is -0.354 e. The van der Waals surface area contributed by atoms with Crippen molar-refractivity contribution in [2.45, 2.75) is 39.3 Å². The molecule has 1 heterocycles. The molecule has 1 rings (SSSR count). The van der Waals surface area contributed by atoms with Gasteiger partial charge in [-0.25, -0.2) is 8.42 Å². The van der Waals surface area contributed by atoms with Gasteiger partial charge in [0.2, 0.25) is 15.9 Å². The molecule has 1 atom stereocenters. The van der Waals surface area contributed by atoms with Gasteiger partial charge >= 0.3 is 0 Å². The Morgan fingerprint density at radius 3 is 2.67 bits per heavy atom. The molecule has 1 amide bonds. The molecule has 118 valence electrons. The average Bonchev–Trinajstić information content (AvgIpc) is 2.43. The van der Waals surface area contributed by atoms with Crippen molar-refractivity contribution in [1.29, 1.82) is 0 Å². The highest BCUT2D eigenvalue weighted by Crippen LogP contribution is 2.07. The van der Waals surface area contributed by atoms with Gasteiger partial charge in [0, 0.05) is 25.2 Å². The molecule has 0 radical (unpaired) electrons. The molecule has 1 aromatic heterocycles. The van der Waals surface area contributed by atoms with Gasteiger partial charge < -0.3 is 5.32 Å². The van der Waals surface area contributed by atoms with Gasteiger partial charge in [0.15, 0.2) is 0 Å². The van der Waals surface area contributed by atoms with E-state index in [1.165, 1.54) is 4.31 Å². The summed E-state index contributed by atoms with van der Waals surface area (Å²) in [4.78, 5) is 15.9. The molecule has 0 saturated carbocycles. The third kappa shape index (κ3) is 6.68. The molecule has 0 aliphatic carbocycles. The smallest absolute Gasteiger partial charge is 0.221 e. The van der Waals surface area contributed by atoms with Gasteiger partial charge in [-0.15, -0.1) is 0 Å². The van der Waals surface area contributed by atoms with E-state index in [-0.39, 0.29) is 31.5 Å². The molecule has 0 aliphatic heterocycles. The summed E-state index contributed by atoms with van der Waals surface area (Å²) in [5.41, 5.74) is 0.658. The first-order valence-electron chi connectivity index (χ1n) is 6.97. The minimum absolute atomic E-state index is 0.0972. The number of aromatic nitrogens is 1. The summed E-state index contributed by atoms with van der Waals surface area (Å²) in [5, 5.41) is 2.82. The number of nitrogens with one attached hydrogen (secondary N) is 1. The molecule has 0 spiro atoms. The molecule has 1 unspecified atom stereocenters. The topological polar surface area (TPSA) is 79.4 Å². The number of nitrogens with zero attached hydrogens (tertiary/aromatic N) is 2. The lowest BCUT2D eigenvalue weighted by Gasteiger charge is -2.20. The molecule has 0 aromatic carbocycles. The zero-order valence-electron chi connectivity index (χ0n) is 12.7. The van der Waals surface area contributed by atoms with Crippen LogP contribution in [0.1, 0.15) is 32.4 Å². The fourth-order valence-corrected chi connectivity index (χ4v) is 2.50. The second-order valence-electron chi connectivity index (χ2n) is 5.04. The van der Waals surface area contributed by atoms with Gasteiger partial charge in [0.1, 0.15) is 0 Å². The number of rotatable bonds is 8. The van der Waals surface area contributed by atoms with Crippen LogP contribution in [0.25, 0.3) is 0 Å². The molecule has 7 heteroatoms. The molecular formula is C14H23N3O3S. The molecule has 1 aromatic rings. The van der Waals surface area contributed by atoms with E-state index in [1.807, 2.05) is 13.8 Å². The summed E-state index contributed by atoms with van der Waals surface area (Å²) < 4.78 is 24.9. The quantitative estimate of drug-likeness (QED) is 0.781. The molecule has 6 nitrogen and oxygen atoms in total. The van der Waals surface area contributed by atoms with Crippen molar-refractivity contribution in [2.24, 2.45) is 0 Å². The van der Waals surface area contributed by atoms with E-state index in [0.717, 1.165) is 12.7 Å². The maximum absolute atomic E-state index is 11.8. The summed E-state index contributed by atoms with van der Waals surface area (Å²) in [7, 11) is -3.38. The molecule has 0 bridgehead atoms. The maximum atomic E-state index is 11.8. The van der Waals surface area contributed by atoms with E-state index in [0.29, 0.717) is 5.69 Å². The van der Waals surface area contributed by atoms with Crippen LogP contribution in [0.4, 0.5) is 0 Å². The van der Waals surface area contributed by atoms with Crippen molar-refractivity contribution in [3.8, 4) is 0 Å². The van der Waals surface area contributed by atoms with E-state index < -0.39 is 10.0 Å². The van der Waals surface area contributed by atoms with Crippen molar-refractivity contribution in [3.63, 3.8) is 0 Å². The predicted molar refractivity (Wildman–Crippen MR) is 82.0 cm³/mol. The summed E-state index contributed by atoms with van der Waals surface area (Å²) in [6.45, 7) is 4.23. The van der Waals surface area contributed by atoms with Crippen molar-refractivity contribution >= 4 is 15.9 Å². The normalized spacial score (nSPS) is 13.1. The second kappa shape index (κ2) is 8.09. The van der Waals surface area contributed by atoms with Crippen LogP contribution in [-0.4, -0.2) is 42.5 Å². The Labute approximate surface area is 126 Å². The van der Waals surface area contributed by atoms with Crippen molar-refractivity contribution in [1.82, 2.24) is 14.6 Å². The van der Waals surface area contributed by atoms with Crippen LogP contribution in [0, 0.1) is 0 Å². The number of pyridine rings is 1. The highest BCUT2D eigenvalue weighted by Gasteiger charge is 2.19. The summed E-state index contributed by atoms with van der Waals surface area (Å²) >= 11 is 0. The Morgan fingerprint density at radius 2 is 2.14 bits per heavy atom. The van der Waals surface area contributed by atoms with Gasteiger partial charge in [-0.05, 0) is 25.5 Å². The van der Waals surface area contributed by atoms with Gasteiger partial charge in [-0.1, -0.05) is 13.0 Å². The molecule has 21 heavy (non-hydrogen) atoms. The Hall–Kier alpha value is -1.47. The lowest BCUT2D eigenvalue weighted by Crippen LogP contribution is -2.37. The highest BCUT2D eigenvalue weighted by molar-refractivity contribution is 7.88. The molecule has 0 fully saturated rings. The fourth-order valence-electron chi connectivity index (χ4n) is 1.71. The maximum Gasteiger partial charge on any atom is 0.221 e. The first-order valence-corrected chi connectivity index (χ1v) is 8.82. The van der Waals surface area contributed by atoms with Crippen LogP contribution in [0.15, 0.2) is 24.4 Å². The van der Waals surface area contributed by atoms with Gasteiger partial charge in [0.25, 0.3) is 0 Å². The lowest BCUT2D eigenvalue weighted by atomic mass is 10.2. The number of hydrogen-bond donors (Lipinski definition) is 1. The third-order valence-electron chi connectivity index (χ3n) is 3.14. The molecule has 0 aliphatic rings. The second-order valence-corrected chi connectivity index (χ2v) is 7.03. The van der Waals surface area contributed by atoms with Crippen LogP contribution in [0.3, 0.4) is 0 Å². The molecule has 0 saturated heterocycles. The first kappa shape index (κ1) is 17.6. The molecular weight excluding hydrogens is 290 g/mol. The Balaban J connectivity index is 2.62. The van der Waals surface area contributed by atoms with Crippen LogP contribution >= 0.6 is 0 Å². The first-order chi connectivity index (χ1) is 9.82. The SMILES string of the molecule is CCC(C)NC(=O)CCN(Cc1ccccn1)S(C)(=O)=O. The Morgan fingerprint density at radius 1 is 1.43 bits per heavy atom. The van der Waals surface area contributed by atoms with Crippen LogP contribution < -0.4 is 5.32 Å². The van der Waals surface area contributed by atoms with Gasteiger partial charge in [-0.2, -0.15) is 4.31 Å². The van der Waals surface area contributed by atoms with Gasteiger partial charge in [0.05, 0.1) is 18.5 Å². The Kier molecular flexibility index (Phi) is 6.77. The summed E-state index contributed by atoms with van der Waals surface area (Å²) in [6, 6.07) is 5.43. The van der Waals surface area contributed by atoms with E-state index in [9.17, 15) is 13.2 Å². The van der Waals surface area contributed by atoms with E-state index in [1.54, 1.807) is 24.4 Å². The van der Waals surface area contributed by atoms with E-state index >= 15 is 0 Å². The molecule has 1 N–H and O–H groups in total. The highest BCUT2D eigenvalue weighted by atomic mass is 32.2. The number of carbonyl (C=O) groups excluding carboxylic acids is 1. The van der Waals surface area contributed by atoms with Gasteiger partial charge in [-0.3, -0.25) is 9.78 Å². The van der Waals surface area contributed by atoms with E-state index in [2.05, 4.69) is 10.3 Å². The number of amides is 1. The average molecular weight is 313 g/mol. The largest absolute Gasteiger partial charge is 0.354 e.